The molecule has 0 unspecified atom stereocenters. The Morgan fingerprint density at radius 1 is 0.724 bits per heavy atom. The van der Waals surface area contributed by atoms with Crippen LogP contribution < -0.4 is 0 Å². The second kappa shape index (κ2) is 8.94. The number of methoxy groups -OCH3 is 1. The molecular weight excluding hydrogens is 360 g/mol. The normalized spacial score (nSPS) is 23.0. The third-order valence-electron chi connectivity index (χ3n) is 6.90. The summed E-state index contributed by atoms with van der Waals surface area (Å²) in [6.07, 6.45) is 7.40. The Morgan fingerprint density at radius 3 is 1.62 bits per heavy atom. The van der Waals surface area contributed by atoms with Gasteiger partial charge in [0, 0.05) is 12.8 Å². The molecule has 0 N–H and O–H groups in total. The average molecular weight is 391 g/mol. The number of benzene rings is 2. The van der Waals surface area contributed by atoms with E-state index in [1.165, 1.54) is 29.4 Å². The van der Waals surface area contributed by atoms with Gasteiger partial charge in [-0.25, -0.2) is 0 Å². The highest BCUT2D eigenvalue weighted by atomic mass is 16.5. The minimum Gasteiger partial charge on any atom is -0.469 e. The van der Waals surface area contributed by atoms with Gasteiger partial charge in [0.2, 0.25) is 0 Å². The van der Waals surface area contributed by atoms with E-state index < -0.39 is 0 Å². The van der Waals surface area contributed by atoms with Crippen molar-refractivity contribution in [2.24, 2.45) is 5.92 Å². The Labute approximate surface area is 173 Å². The van der Waals surface area contributed by atoms with Crippen molar-refractivity contribution in [1.29, 1.82) is 0 Å². The monoisotopic (exact) mass is 390 g/mol. The number of hydrogen-bond donors (Lipinski definition) is 0. The number of esters is 1. The van der Waals surface area contributed by atoms with Crippen LogP contribution in [0.5, 0.6) is 0 Å². The molecule has 4 rings (SSSR count). The molecule has 0 bridgehead atoms. The molecule has 0 aromatic heterocycles. The van der Waals surface area contributed by atoms with E-state index in [-0.39, 0.29) is 11.9 Å². The lowest BCUT2D eigenvalue weighted by molar-refractivity contribution is -0.146. The fourth-order valence-electron chi connectivity index (χ4n) is 5.00. The highest BCUT2D eigenvalue weighted by Gasteiger charge is 2.27. The van der Waals surface area contributed by atoms with Gasteiger partial charge in [-0.2, -0.15) is 0 Å². The molecular formula is C26H30O3. The lowest BCUT2D eigenvalue weighted by Gasteiger charge is -2.27. The van der Waals surface area contributed by atoms with Gasteiger partial charge in [0.1, 0.15) is 5.78 Å². The number of Topliss-reactive ketones (excluding diaryl/α,β-unsaturated/α-hetero) is 1. The number of rotatable bonds is 4. The van der Waals surface area contributed by atoms with Crippen LogP contribution in [0, 0.1) is 5.92 Å². The van der Waals surface area contributed by atoms with E-state index in [2.05, 4.69) is 48.5 Å². The lowest BCUT2D eigenvalue weighted by atomic mass is 9.78. The molecule has 0 spiro atoms. The van der Waals surface area contributed by atoms with Crippen LogP contribution in [0.4, 0.5) is 0 Å². The van der Waals surface area contributed by atoms with Gasteiger partial charge < -0.3 is 4.74 Å². The molecule has 0 amide bonds. The zero-order valence-electron chi connectivity index (χ0n) is 17.2. The fourth-order valence-corrected chi connectivity index (χ4v) is 5.00. The summed E-state index contributed by atoms with van der Waals surface area (Å²) in [6.45, 7) is 0. The third-order valence-corrected chi connectivity index (χ3v) is 6.90. The van der Waals surface area contributed by atoms with Crippen LogP contribution in [-0.4, -0.2) is 18.9 Å². The van der Waals surface area contributed by atoms with E-state index in [0.717, 1.165) is 51.4 Å². The van der Waals surface area contributed by atoms with Crippen molar-refractivity contribution in [3.05, 3.63) is 59.7 Å². The molecule has 0 radical (unpaired) electrons. The summed E-state index contributed by atoms with van der Waals surface area (Å²) in [5.74, 6) is 1.51. The quantitative estimate of drug-likeness (QED) is 0.599. The Bertz CT molecular complexity index is 833. The molecule has 2 aliphatic carbocycles. The van der Waals surface area contributed by atoms with Crippen LogP contribution >= 0.6 is 0 Å². The van der Waals surface area contributed by atoms with Gasteiger partial charge in [-0.15, -0.1) is 0 Å². The molecule has 3 nitrogen and oxygen atoms in total. The zero-order valence-corrected chi connectivity index (χ0v) is 17.2. The van der Waals surface area contributed by atoms with E-state index >= 15 is 0 Å². The number of carbonyl (C=O) groups excluding carboxylic acids is 2. The van der Waals surface area contributed by atoms with Crippen molar-refractivity contribution in [1.82, 2.24) is 0 Å². The Morgan fingerprint density at radius 2 is 1.17 bits per heavy atom. The van der Waals surface area contributed by atoms with Gasteiger partial charge in [0.05, 0.1) is 13.0 Å². The van der Waals surface area contributed by atoms with Crippen molar-refractivity contribution in [3.63, 3.8) is 0 Å². The first-order valence-electron chi connectivity index (χ1n) is 10.9. The van der Waals surface area contributed by atoms with Crippen LogP contribution in [0.25, 0.3) is 11.1 Å². The molecule has 0 saturated heterocycles. The van der Waals surface area contributed by atoms with Crippen molar-refractivity contribution in [2.45, 2.75) is 63.2 Å². The van der Waals surface area contributed by atoms with E-state index in [4.69, 9.17) is 4.74 Å². The molecule has 0 heterocycles. The van der Waals surface area contributed by atoms with Crippen molar-refractivity contribution in [3.8, 4) is 11.1 Å². The molecule has 2 aromatic rings. The van der Waals surface area contributed by atoms with E-state index in [1.54, 1.807) is 0 Å². The van der Waals surface area contributed by atoms with Crippen LogP contribution in [0.15, 0.2) is 48.5 Å². The predicted octanol–water partition coefficient (Wildman–Crippen LogP) is 6.03. The minimum absolute atomic E-state index is 0.0536. The zero-order chi connectivity index (χ0) is 20.2. The van der Waals surface area contributed by atoms with E-state index in [9.17, 15) is 9.59 Å². The van der Waals surface area contributed by atoms with Gasteiger partial charge in [0.25, 0.3) is 0 Å². The van der Waals surface area contributed by atoms with E-state index in [1.807, 2.05) is 0 Å². The highest BCUT2D eigenvalue weighted by molar-refractivity contribution is 5.79. The molecule has 29 heavy (non-hydrogen) atoms. The largest absolute Gasteiger partial charge is 0.469 e. The molecule has 2 aliphatic rings. The first kappa shape index (κ1) is 19.9. The SMILES string of the molecule is COC(=O)C1CCC(c2ccc(-c3ccc(C4CCC(=O)CC4)cc3)cc2)CC1. The first-order chi connectivity index (χ1) is 14.1. The molecule has 0 atom stereocenters. The third kappa shape index (κ3) is 4.60. The molecule has 152 valence electrons. The van der Waals surface area contributed by atoms with Gasteiger partial charge in [0.15, 0.2) is 0 Å². The van der Waals surface area contributed by atoms with Gasteiger partial charge in [-0.1, -0.05) is 48.5 Å². The first-order valence-corrected chi connectivity index (χ1v) is 10.9. The average Bonchev–Trinajstić information content (AvgIpc) is 2.79. The fraction of sp³-hybridized carbons (Fsp3) is 0.462. The molecule has 0 aliphatic heterocycles. The van der Waals surface area contributed by atoms with Crippen molar-refractivity contribution >= 4 is 11.8 Å². The maximum Gasteiger partial charge on any atom is 0.308 e. The topological polar surface area (TPSA) is 43.4 Å². The number of ketones is 1. The maximum absolute atomic E-state index is 11.7. The van der Waals surface area contributed by atoms with Crippen LogP contribution in [-0.2, 0) is 14.3 Å². The maximum atomic E-state index is 11.7. The van der Waals surface area contributed by atoms with Gasteiger partial charge in [-0.05, 0) is 72.6 Å². The summed E-state index contributed by atoms with van der Waals surface area (Å²) >= 11 is 0. The summed E-state index contributed by atoms with van der Waals surface area (Å²) in [5, 5.41) is 0. The molecule has 2 fully saturated rings. The number of carbonyl (C=O) groups is 2. The Balaban J connectivity index is 1.38. The van der Waals surface area contributed by atoms with Crippen LogP contribution in [0.2, 0.25) is 0 Å². The minimum atomic E-state index is -0.0536. The van der Waals surface area contributed by atoms with E-state index in [0.29, 0.717) is 17.6 Å². The predicted molar refractivity (Wildman–Crippen MR) is 115 cm³/mol. The Hall–Kier alpha value is -2.42. The number of ether oxygens (including phenoxy) is 1. The van der Waals surface area contributed by atoms with Crippen LogP contribution in [0.1, 0.15) is 74.3 Å². The summed E-state index contributed by atoms with van der Waals surface area (Å²) in [6, 6.07) is 17.8. The van der Waals surface area contributed by atoms with Gasteiger partial charge >= 0.3 is 5.97 Å². The van der Waals surface area contributed by atoms with Crippen molar-refractivity contribution < 1.29 is 14.3 Å². The summed E-state index contributed by atoms with van der Waals surface area (Å²) < 4.78 is 4.89. The summed E-state index contributed by atoms with van der Waals surface area (Å²) in [4.78, 5) is 23.2. The lowest BCUT2D eigenvalue weighted by Crippen LogP contribution is -2.22. The van der Waals surface area contributed by atoms with Crippen LogP contribution in [0.3, 0.4) is 0 Å². The molecule has 2 saturated carbocycles. The smallest absolute Gasteiger partial charge is 0.308 e. The van der Waals surface area contributed by atoms with Crippen molar-refractivity contribution in [2.75, 3.05) is 7.11 Å². The molecule has 2 aromatic carbocycles. The standard InChI is InChI=1S/C26H30O3/c1-29-26(28)24-12-10-22(11-13-24)20-4-2-18(3-5-20)19-6-8-21(9-7-19)23-14-16-25(27)17-15-23/h2-9,22-24H,10-17H2,1H3. The highest BCUT2D eigenvalue weighted by Crippen LogP contribution is 2.37. The van der Waals surface area contributed by atoms with Gasteiger partial charge in [-0.3, -0.25) is 9.59 Å². The summed E-state index contributed by atoms with van der Waals surface area (Å²) in [5.41, 5.74) is 5.21. The summed E-state index contributed by atoms with van der Waals surface area (Å²) in [7, 11) is 1.48. The second-order valence-electron chi connectivity index (χ2n) is 8.63. The Kier molecular flexibility index (Phi) is 6.13. The second-order valence-corrected chi connectivity index (χ2v) is 8.63. The molecule has 3 heteroatoms. The number of hydrogen-bond acceptors (Lipinski definition) is 3.